The van der Waals surface area contributed by atoms with Crippen molar-refractivity contribution in [2.75, 3.05) is 0 Å². The van der Waals surface area contributed by atoms with Gasteiger partial charge >= 0.3 is 12.5 Å². The van der Waals surface area contributed by atoms with Crippen molar-refractivity contribution in [3.63, 3.8) is 0 Å². The number of aliphatic hydroxyl groups excluding tert-OH is 1. The molecule has 39 heavy (non-hydrogen) atoms. The van der Waals surface area contributed by atoms with Crippen molar-refractivity contribution >= 4 is 12.0 Å². The lowest BCUT2D eigenvalue weighted by Crippen LogP contribution is -2.41. The van der Waals surface area contributed by atoms with Crippen molar-refractivity contribution in [2.45, 2.75) is 57.3 Å². The molecule has 0 bridgehead atoms. The number of fused-ring (bicyclic) bond motifs is 1. The third-order valence-corrected chi connectivity index (χ3v) is 6.53. The zero-order valence-electron chi connectivity index (χ0n) is 21.1. The van der Waals surface area contributed by atoms with Crippen LogP contribution in [0.5, 0.6) is 5.75 Å². The number of halogens is 5. The van der Waals surface area contributed by atoms with E-state index < -0.39 is 42.2 Å². The molecule has 0 aliphatic heterocycles. The normalized spacial score (nSPS) is 14.9. The Hall–Kier alpha value is -3.72. The lowest BCUT2D eigenvalue weighted by molar-refractivity contribution is -0.253. The SMILES string of the molecule is Cc1cc(CC(NC(=O)c2cccc3c2C=CCCC3)C(O)c2ccc(F)cc2)cc(OC(F)(F)C(F)F)c1. The molecule has 9 heteroatoms. The van der Waals surface area contributed by atoms with Crippen LogP contribution in [0, 0.1) is 12.7 Å². The largest absolute Gasteiger partial charge is 0.461 e. The fourth-order valence-electron chi connectivity index (χ4n) is 4.67. The number of carbonyl (C=O) groups excluding carboxylic acids is 1. The summed E-state index contributed by atoms with van der Waals surface area (Å²) < 4.78 is 70.3. The van der Waals surface area contributed by atoms with Crippen LogP contribution >= 0.6 is 0 Å². The molecule has 0 fully saturated rings. The monoisotopic (exact) mass is 545 g/mol. The summed E-state index contributed by atoms with van der Waals surface area (Å²) in [5.74, 6) is -1.45. The molecule has 0 saturated heterocycles. The Balaban J connectivity index is 1.66. The van der Waals surface area contributed by atoms with Gasteiger partial charge in [0.05, 0.1) is 12.1 Å². The Labute approximate surface area is 223 Å². The number of hydrogen-bond donors (Lipinski definition) is 2. The number of benzene rings is 3. The average Bonchev–Trinajstić information content (AvgIpc) is 3.13. The molecule has 0 spiro atoms. The van der Waals surface area contributed by atoms with Gasteiger partial charge in [-0.15, -0.1) is 0 Å². The van der Waals surface area contributed by atoms with Crippen LogP contribution in [0.2, 0.25) is 0 Å². The third kappa shape index (κ3) is 7.03. The van der Waals surface area contributed by atoms with Crippen LogP contribution < -0.4 is 10.1 Å². The molecular formula is C30H28F5NO3. The van der Waals surface area contributed by atoms with Crippen LogP contribution in [0.15, 0.2) is 66.7 Å². The first-order chi connectivity index (χ1) is 18.5. The van der Waals surface area contributed by atoms with E-state index in [4.69, 9.17) is 0 Å². The van der Waals surface area contributed by atoms with Crippen LogP contribution in [0.3, 0.4) is 0 Å². The Morgan fingerprint density at radius 1 is 1.10 bits per heavy atom. The van der Waals surface area contributed by atoms with Crippen LogP contribution in [0.1, 0.15) is 57.1 Å². The van der Waals surface area contributed by atoms with Gasteiger partial charge in [-0.25, -0.2) is 4.39 Å². The van der Waals surface area contributed by atoms with Crippen LogP contribution in [0.25, 0.3) is 6.08 Å². The van der Waals surface area contributed by atoms with Crippen LogP contribution in [-0.2, 0) is 12.8 Å². The minimum atomic E-state index is -4.69. The highest BCUT2D eigenvalue weighted by molar-refractivity contribution is 5.98. The number of rotatable bonds is 9. The number of nitrogens with one attached hydrogen (secondary N) is 1. The molecule has 206 valence electrons. The average molecular weight is 546 g/mol. The van der Waals surface area contributed by atoms with Crippen molar-refractivity contribution in [2.24, 2.45) is 0 Å². The van der Waals surface area contributed by atoms with Crippen LogP contribution in [-0.4, -0.2) is 29.6 Å². The van der Waals surface area contributed by atoms with E-state index >= 15 is 0 Å². The molecule has 1 aliphatic carbocycles. The summed E-state index contributed by atoms with van der Waals surface area (Å²) in [5, 5.41) is 14.1. The first kappa shape index (κ1) is 28.3. The number of carbonyl (C=O) groups is 1. The summed E-state index contributed by atoms with van der Waals surface area (Å²) in [6.07, 6.45) is -3.55. The Morgan fingerprint density at radius 3 is 2.56 bits per heavy atom. The summed E-state index contributed by atoms with van der Waals surface area (Å²) >= 11 is 0. The zero-order chi connectivity index (χ0) is 28.2. The highest BCUT2D eigenvalue weighted by Gasteiger charge is 2.44. The first-order valence-corrected chi connectivity index (χ1v) is 12.5. The van der Waals surface area contributed by atoms with Crippen molar-refractivity contribution in [1.82, 2.24) is 5.32 Å². The lowest BCUT2D eigenvalue weighted by Gasteiger charge is -2.26. The van der Waals surface area contributed by atoms with Gasteiger partial charge in [-0.3, -0.25) is 4.79 Å². The molecule has 2 atom stereocenters. The second-order valence-corrected chi connectivity index (χ2v) is 9.57. The molecule has 1 aliphatic rings. The second kappa shape index (κ2) is 12.0. The molecular weight excluding hydrogens is 517 g/mol. The van der Waals surface area contributed by atoms with E-state index in [1.54, 1.807) is 25.1 Å². The number of alkyl halides is 4. The van der Waals surface area contributed by atoms with Crippen molar-refractivity contribution in [3.05, 3.63) is 106 Å². The predicted octanol–water partition coefficient (Wildman–Crippen LogP) is 6.80. The Morgan fingerprint density at radius 2 is 1.85 bits per heavy atom. The molecule has 4 nitrogen and oxygen atoms in total. The van der Waals surface area contributed by atoms with Gasteiger partial charge < -0.3 is 15.2 Å². The summed E-state index contributed by atoms with van der Waals surface area (Å²) in [6.45, 7) is 1.58. The van der Waals surface area contributed by atoms with Crippen LogP contribution in [0.4, 0.5) is 22.0 Å². The number of amides is 1. The maximum absolute atomic E-state index is 13.6. The van der Waals surface area contributed by atoms with Gasteiger partial charge in [-0.05, 0) is 90.8 Å². The van der Waals surface area contributed by atoms with Gasteiger partial charge in [0.25, 0.3) is 5.91 Å². The summed E-state index contributed by atoms with van der Waals surface area (Å²) in [5.41, 5.74) is 3.34. The van der Waals surface area contributed by atoms with Gasteiger partial charge in [0.1, 0.15) is 11.6 Å². The highest BCUT2D eigenvalue weighted by atomic mass is 19.3. The summed E-state index contributed by atoms with van der Waals surface area (Å²) in [4.78, 5) is 13.5. The van der Waals surface area contributed by atoms with E-state index in [2.05, 4.69) is 10.1 Å². The third-order valence-electron chi connectivity index (χ3n) is 6.53. The van der Waals surface area contributed by atoms with Crippen molar-refractivity contribution in [3.8, 4) is 5.75 Å². The molecule has 0 heterocycles. The fraction of sp³-hybridized carbons (Fsp3) is 0.300. The van der Waals surface area contributed by atoms with E-state index in [1.807, 2.05) is 18.2 Å². The maximum atomic E-state index is 13.6. The first-order valence-electron chi connectivity index (χ1n) is 12.5. The molecule has 1 amide bonds. The smallest absolute Gasteiger partial charge is 0.428 e. The van der Waals surface area contributed by atoms with E-state index in [1.165, 1.54) is 30.3 Å². The molecule has 0 radical (unpaired) electrons. The maximum Gasteiger partial charge on any atom is 0.461 e. The van der Waals surface area contributed by atoms with E-state index in [9.17, 15) is 31.9 Å². The van der Waals surface area contributed by atoms with E-state index in [0.717, 1.165) is 36.5 Å². The van der Waals surface area contributed by atoms with Gasteiger partial charge in [0.2, 0.25) is 0 Å². The molecule has 3 aromatic rings. The van der Waals surface area contributed by atoms with Crippen molar-refractivity contribution < 1.29 is 36.6 Å². The topological polar surface area (TPSA) is 58.6 Å². The quantitative estimate of drug-likeness (QED) is 0.291. The number of aryl methyl sites for hydroxylation is 2. The predicted molar refractivity (Wildman–Crippen MR) is 137 cm³/mol. The second-order valence-electron chi connectivity index (χ2n) is 9.57. The molecule has 2 N–H and O–H groups in total. The van der Waals surface area contributed by atoms with Crippen molar-refractivity contribution in [1.29, 1.82) is 0 Å². The van der Waals surface area contributed by atoms with E-state index in [-0.39, 0.29) is 6.42 Å². The molecule has 0 aromatic heterocycles. The molecule has 2 unspecified atom stereocenters. The zero-order valence-corrected chi connectivity index (χ0v) is 21.1. The minimum Gasteiger partial charge on any atom is -0.428 e. The van der Waals surface area contributed by atoms with Gasteiger partial charge in [0.15, 0.2) is 0 Å². The summed E-state index contributed by atoms with van der Waals surface area (Å²) in [6, 6.07) is 13.5. The highest BCUT2D eigenvalue weighted by Crippen LogP contribution is 2.30. The molecule has 3 aromatic carbocycles. The van der Waals surface area contributed by atoms with Gasteiger partial charge in [-0.2, -0.15) is 17.6 Å². The Bertz CT molecular complexity index is 1340. The number of aliphatic hydroxyl groups is 1. The fourth-order valence-corrected chi connectivity index (χ4v) is 4.67. The Kier molecular flexibility index (Phi) is 8.70. The van der Waals surface area contributed by atoms with Gasteiger partial charge in [0, 0.05) is 5.56 Å². The number of allylic oxidation sites excluding steroid dienone is 1. The standard InChI is InChI=1S/C30H28F5NO3/c1-18-14-19(16-23(15-18)39-30(34,35)29(32)33)17-26(27(37)21-10-12-22(31)13-11-21)36-28(38)25-9-5-7-20-6-3-2-4-8-24(20)25/h4-5,7-16,26-27,29,37H,2-3,6,17H2,1H3,(H,36,38). The lowest BCUT2D eigenvalue weighted by atomic mass is 9.94. The molecule has 0 saturated carbocycles. The molecule has 4 rings (SSSR count). The summed E-state index contributed by atoms with van der Waals surface area (Å²) in [7, 11) is 0. The van der Waals surface area contributed by atoms with Gasteiger partial charge in [-0.1, -0.05) is 42.5 Å². The number of hydrogen-bond acceptors (Lipinski definition) is 3. The number of ether oxygens (including phenoxy) is 1. The minimum absolute atomic E-state index is 0.0621. The van der Waals surface area contributed by atoms with E-state index in [0.29, 0.717) is 22.3 Å².